The lowest BCUT2D eigenvalue weighted by molar-refractivity contribution is -0.128. The first-order valence-electron chi connectivity index (χ1n) is 13.3. The van der Waals surface area contributed by atoms with Gasteiger partial charge in [-0.05, 0) is 76.0 Å². The number of benzene rings is 3. The van der Waals surface area contributed by atoms with E-state index in [0.29, 0.717) is 48.0 Å². The van der Waals surface area contributed by atoms with Crippen molar-refractivity contribution in [2.45, 2.75) is 56.0 Å². The van der Waals surface area contributed by atoms with Crippen molar-refractivity contribution in [2.75, 3.05) is 25.0 Å². The van der Waals surface area contributed by atoms with Crippen molar-refractivity contribution in [1.82, 2.24) is 14.9 Å². The highest BCUT2D eigenvalue weighted by atomic mass is 32.2. The first-order chi connectivity index (χ1) is 18.4. The number of nitrogens with zero attached hydrogens (tertiary/aromatic N) is 1. The van der Waals surface area contributed by atoms with Crippen molar-refractivity contribution in [3.63, 3.8) is 0 Å². The van der Waals surface area contributed by atoms with Gasteiger partial charge in [0.1, 0.15) is 0 Å². The normalized spacial score (nSPS) is 18.4. The summed E-state index contributed by atoms with van der Waals surface area (Å²) in [6.45, 7) is 4.04. The van der Waals surface area contributed by atoms with Gasteiger partial charge >= 0.3 is 0 Å². The number of amides is 2. The first-order valence-corrected chi connectivity index (χ1v) is 14.7. The monoisotopic (exact) mass is 534 g/mol. The zero-order valence-corrected chi connectivity index (χ0v) is 22.4. The number of fused-ring (bicyclic) bond motifs is 1. The van der Waals surface area contributed by atoms with E-state index < -0.39 is 16.1 Å². The van der Waals surface area contributed by atoms with Gasteiger partial charge in [0.05, 0.1) is 10.9 Å². The van der Waals surface area contributed by atoms with E-state index in [0.717, 1.165) is 29.3 Å². The van der Waals surface area contributed by atoms with Crippen LogP contribution in [0, 0.1) is 6.92 Å². The van der Waals surface area contributed by atoms with Gasteiger partial charge in [-0.15, -0.1) is 0 Å². The van der Waals surface area contributed by atoms with Crippen LogP contribution < -0.4 is 16.0 Å². The van der Waals surface area contributed by atoms with Gasteiger partial charge in [0.15, 0.2) is 0 Å². The molecule has 3 N–H and O–H groups in total. The van der Waals surface area contributed by atoms with Crippen LogP contribution in [0.15, 0.2) is 65.6 Å². The third-order valence-corrected chi connectivity index (χ3v) is 9.46. The molecule has 3 aromatic carbocycles. The Kier molecular flexibility index (Phi) is 7.78. The average Bonchev–Trinajstić information content (AvgIpc) is 3.42. The molecule has 0 aliphatic carbocycles. The van der Waals surface area contributed by atoms with E-state index in [9.17, 15) is 18.0 Å². The molecule has 200 valence electrons. The molecule has 5 rings (SSSR count). The van der Waals surface area contributed by atoms with Gasteiger partial charge in [-0.3, -0.25) is 9.59 Å². The smallest absolute Gasteiger partial charge is 0.267 e. The quantitative estimate of drug-likeness (QED) is 0.426. The topological polar surface area (TPSA) is 108 Å². The maximum Gasteiger partial charge on any atom is 0.267 e. The van der Waals surface area contributed by atoms with Crippen LogP contribution in [0.3, 0.4) is 0 Å². The summed E-state index contributed by atoms with van der Waals surface area (Å²) in [6.07, 6.45) is 3.16. The van der Waals surface area contributed by atoms with Crippen LogP contribution in [0.4, 0.5) is 5.69 Å². The Morgan fingerprint density at radius 3 is 2.34 bits per heavy atom. The fourth-order valence-corrected chi connectivity index (χ4v) is 7.39. The number of hydrogen-bond donors (Lipinski definition) is 3. The van der Waals surface area contributed by atoms with E-state index in [2.05, 4.69) is 16.0 Å². The number of rotatable bonds is 7. The van der Waals surface area contributed by atoms with E-state index in [1.54, 1.807) is 30.3 Å². The number of anilines is 1. The van der Waals surface area contributed by atoms with Crippen molar-refractivity contribution in [1.29, 1.82) is 0 Å². The summed E-state index contributed by atoms with van der Waals surface area (Å²) in [4.78, 5) is 26.7. The van der Waals surface area contributed by atoms with Crippen LogP contribution in [-0.2, 0) is 14.8 Å². The van der Waals surface area contributed by atoms with E-state index >= 15 is 0 Å². The van der Waals surface area contributed by atoms with Crippen molar-refractivity contribution in [3.05, 3.63) is 71.8 Å². The molecule has 1 unspecified atom stereocenters. The summed E-state index contributed by atoms with van der Waals surface area (Å²) >= 11 is 0. The number of sulfonamides is 1. The molecule has 38 heavy (non-hydrogen) atoms. The first kappa shape index (κ1) is 26.3. The fourth-order valence-electron chi connectivity index (χ4n) is 5.54. The second-order valence-corrected chi connectivity index (χ2v) is 11.9. The van der Waals surface area contributed by atoms with E-state index in [4.69, 9.17) is 0 Å². The summed E-state index contributed by atoms with van der Waals surface area (Å²) in [5, 5.41) is 10.6. The second-order valence-electron chi connectivity index (χ2n) is 10.1. The Bertz CT molecular complexity index is 1440. The van der Waals surface area contributed by atoms with Crippen LogP contribution >= 0.6 is 0 Å². The number of carbonyl (C=O) groups excluding carboxylic acids is 2. The minimum atomic E-state index is -4.16. The number of nitrogens with one attached hydrogen (secondary N) is 3. The molecule has 2 aliphatic heterocycles. The molecule has 2 heterocycles. The Labute approximate surface area is 223 Å². The molecule has 0 aromatic heterocycles. The van der Waals surface area contributed by atoms with Crippen LogP contribution in [0.2, 0.25) is 0 Å². The molecule has 0 saturated carbocycles. The van der Waals surface area contributed by atoms with Crippen LogP contribution in [0.5, 0.6) is 0 Å². The number of hydrogen-bond acceptors (Lipinski definition) is 6. The summed E-state index contributed by atoms with van der Waals surface area (Å²) in [5.74, 6) is -0.628. The third kappa shape index (κ3) is 5.32. The molecular weight excluding hydrogens is 500 g/mol. The minimum absolute atomic E-state index is 0.00214. The Balaban J connectivity index is 1.52. The van der Waals surface area contributed by atoms with Gasteiger partial charge in [-0.2, -0.15) is 0 Å². The van der Waals surface area contributed by atoms with Crippen molar-refractivity contribution in [3.8, 4) is 0 Å². The number of piperidine rings is 1. The summed E-state index contributed by atoms with van der Waals surface area (Å²) < 4.78 is 29.6. The van der Waals surface area contributed by atoms with E-state index in [-0.39, 0.29) is 29.2 Å². The molecule has 0 spiro atoms. The zero-order chi connectivity index (χ0) is 26.7. The Morgan fingerprint density at radius 2 is 1.63 bits per heavy atom. The van der Waals surface area contributed by atoms with Gasteiger partial charge in [0, 0.05) is 34.5 Å². The highest BCUT2D eigenvalue weighted by molar-refractivity contribution is 7.90. The van der Waals surface area contributed by atoms with E-state index in [1.165, 1.54) is 6.07 Å². The number of carbonyl (C=O) groups is 2. The Morgan fingerprint density at radius 1 is 0.921 bits per heavy atom. The maximum absolute atomic E-state index is 14.2. The third-order valence-electron chi connectivity index (χ3n) is 7.53. The molecular formula is C29H34N4O4S. The van der Waals surface area contributed by atoms with Gasteiger partial charge in [-0.1, -0.05) is 42.5 Å². The fraction of sp³-hybridized carbons (Fsp3) is 0.379. The highest BCUT2D eigenvalue weighted by Gasteiger charge is 2.38. The summed E-state index contributed by atoms with van der Waals surface area (Å²) in [7, 11) is -4.16. The van der Waals surface area contributed by atoms with Crippen LogP contribution in [-0.4, -0.2) is 56.3 Å². The highest BCUT2D eigenvalue weighted by Crippen LogP contribution is 2.34. The molecule has 2 amide bonds. The van der Waals surface area contributed by atoms with Gasteiger partial charge < -0.3 is 16.0 Å². The largest absolute Gasteiger partial charge is 0.321 e. The molecule has 1 atom stereocenters. The molecule has 2 saturated heterocycles. The van der Waals surface area contributed by atoms with Gasteiger partial charge in [0.2, 0.25) is 5.91 Å². The zero-order valence-electron chi connectivity index (χ0n) is 21.6. The lowest BCUT2D eigenvalue weighted by Gasteiger charge is -2.34. The van der Waals surface area contributed by atoms with Crippen molar-refractivity contribution in [2.24, 2.45) is 0 Å². The number of aryl methyl sites for hydroxylation is 1. The predicted molar refractivity (Wildman–Crippen MR) is 149 cm³/mol. The Hall–Kier alpha value is -3.27. The lowest BCUT2D eigenvalue weighted by Crippen LogP contribution is -2.50. The maximum atomic E-state index is 14.2. The molecule has 2 fully saturated rings. The average molecular weight is 535 g/mol. The molecule has 9 heteroatoms. The molecule has 3 aromatic rings. The molecule has 8 nitrogen and oxygen atoms in total. The molecule has 0 bridgehead atoms. The van der Waals surface area contributed by atoms with Crippen LogP contribution in [0.25, 0.3) is 10.8 Å². The molecule has 2 aliphatic rings. The van der Waals surface area contributed by atoms with Gasteiger partial charge in [0.25, 0.3) is 15.9 Å². The standard InChI is InChI=1S/C29H34N4O4S/c1-20-7-2-3-9-23(20)29(35)32-26-12-13-27(25-11-5-4-10-24(25)26)38(36,37)33(22-14-17-30-18-15-22)28(34)19-21-8-6-16-31-21/h2-5,7,9-13,21-22,30-31H,6,8,14-19H2,1H3,(H,32,35). The summed E-state index contributed by atoms with van der Waals surface area (Å²) in [6, 6.07) is 17.2. The minimum Gasteiger partial charge on any atom is -0.321 e. The summed E-state index contributed by atoms with van der Waals surface area (Å²) in [5.41, 5.74) is 1.92. The SMILES string of the molecule is Cc1ccccc1C(=O)Nc1ccc(S(=O)(=O)N(C(=O)CC2CCCN2)C2CCNCC2)c2ccccc12. The second kappa shape index (κ2) is 11.2. The van der Waals surface area contributed by atoms with Crippen molar-refractivity contribution < 1.29 is 18.0 Å². The lowest BCUT2D eigenvalue weighted by atomic mass is 10.1. The van der Waals surface area contributed by atoms with Crippen molar-refractivity contribution >= 4 is 38.3 Å². The predicted octanol–water partition coefficient (Wildman–Crippen LogP) is 3.81. The van der Waals surface area contributed by atoms with Gasteiger partial charge in [-0.25, -0.2) is 12.7 Å². The molecule has 0 radical (unpaired) electrons. The van der Waals surface area contributed by atoms with E-state index in [1.807, 2.05) is 31.2 Å². The van der Waals surface area contributed by atoms with Crippen LogP contribution in [0.1, 0.15) is 48.0 Å².